The Bertz CT molecular complexity index is 90.1. The van der Waals surface area contributed by atoms with Gasteiger partial charge in [-0.25, -0.2) is 0 Å². The lowest BCUT2D eigenvalue weighted by Crippen LogP contribution is -2.28. The van der Waals surface area contributed by atoms with Crippen molar-refractivity contribution in [2.24, 2.45) is 5.73 Å². The summed E-state index contributed by atoms with van der Waals surface area (Å²) in [5.74, 6) is 0. The number of hydrogen-bond acceptors (Lipinski definition) is 2. The molecule has 0 saturated carbocycles. The Labute approximate surface area is 83.3 Å². The van der Waals surface area contributed by atoms with Crippen molar-refractivity contribution in [2.75, 3.05) is 13.1 Å². The van der Waals surface area contributed by atoms with Crippen LogP contribution in [0.5, 0.6) is 0 Å². The molecule has 0 aliphatic carbocycles. The molecule has 2 heteroatoms. The fraction of sp³-hybridized carbons (Fsp3) is 1.00. The molecule has 0 rings (SSSR count). The molecule has 0 amide bonds. The first-order valence-corrected chi connectivity index (χ1v) is 5.78. The molecule has 0 spiro atoms. The van der Waals surface area contributed by atoms with Crippen molar-refractivity contribution >= 4 is 0 Å². The van der Waals surface area contributed by atoms with Gasteiger partial charge < -0.3 is 11.1 Å². The maximum Gasteiger partial charge on any atom is 0.00618 e. The van der Waals surface area contributed by atoms with Gasteiger partial charge >= 0.3 is 0 Å². The highest BCUT2D eigenvalue weighted by atomic mass is 14.9. The minimum Gasteiger partial charge on any atom is -0.330 e. The van der Waals surface area contributed by atoms with Crippen LogP contribution >= 0.6 is 0 Å². The summed E-state index contributed by atoms with van der Waals surface area (Å²) in [5.41, 5.74) is 5.42. The van der Waals surface area contributed by atoms with Crippen molar-refractivity contribution in [3.05, 3.63) is 0 Å². The van der Waals surface area contributed by atoms with Crippen LogP contribution in [-0.4, -0.2) is 19.1 Å². The van der Waals surface area contributed by atoms with E-state index in [1.807, 2.05) is 0 Å². The third-order valence-corrected chi connectivity index (χ3v) is 2.55. The molecule has 0 atom stereocenters. The zero-order chi connectivity index (χ0) is 9.94. The molecule has 0 aromatic carbocycles. The van der Waals surface area contributed by atoms with Crippen molar-refractivity contribution < 1.29 is 0 Å². The van der Waals surface area contributed by atoms with E-state index in [-0.39, 0.29) is 0 Å². The van der Waals surface area contributed by atoms with Crippen LogP contribution < -0.4 is 11.1 Å². The largest absolute Gasteiger partial charge is 0.330 e. The van der Waals surface area contributed by atoms with Gasteiger partial charge in [0.05, 0.1) is 0 Å². The Morgan fingerprint density at radius 1 is 1.00 bits per heavy atom. The maximum atomic E-state index is 5.42. The molecule has 80 valence electrons. The molecule has 0 unspecified atom stereocenters. The van der Waals surface area contributed by atoms with Gasteiger partial charge in [0.25, 0.3) is 0 Å². The summed E-state index contributed by atoms with van der Waals surface area (Å²) in [7, 11) is 0. The zero-order valence-corrected chi connectivity index (χ0v) is 9.31. The molecular weight excluding hydrogens is 160 g/mol. The molecule has 0 aliphatic rings. The van der Waals surface area contributed by atoms with Gasteiger partial charge in [0.2, 0.25) is 0 Å². The second kappa shape index (κ2) is 10.0. The molecule has 0 fully saturated rings. The highest BCUT2D eigenvalue weighted by Gasteiger charge is 1.99. The predicted molar refractivity (Wildman–Crippen MR) is 59.9 cm³/mol. The topological polar surface area (TPSA) is 38.0 Å². The van der Waals surface area contributed by atoms with Crippen molar-refractivity contribution in [3.63, 3.8) is 0 Å². The summed E-state index contributed by atoms with van der Waals surface area (Å²) in [6.07, 6.45) is 7.60. The fourth-order valence-corrected chi connectivity index (χ4v) is 1.51. The van der Waals surface area contributed by atoms with Crippen molar-refractivity contribution in [1.82, 2.24) is 5.32 Å². The van der Waals surface area contributed by atoms with E-state index in [4.69, 9.17) is 5.73 Å². The van der Waals surface area contributed by atoms with Crippen LogP contribution in [0.3, 0.4) is 0 Å². The zero-order valence-electron chi connectivity index (χ0n) is 9.31. The first kappa shape index (κ1) is 12.9. The summed E-state index contributed by atoms with van der Waals surface area (Å²) >= 11 is 0. The van der Waals surface area contributed by atoms with Crippen LogP contribution in [0.2, 0.25) is 0 Å². The minimum absolute atomic E-state index is 0.731. The van der Waals surface area contributed by atoms with Crippen LogP contribution in [0.4, 0.5) is 0 Å². The van der Waals surface area contributed by atoms with Gasteiger partial charge in [-0.3, -0.25) is 0 Å². The van der Waals surface area contributed by atoms with Crippen molar-refractivity contribution in [3.8, 4) is 0 Å². The summed E-state index contributed by atoms with van der Waals surface area (Å²) in [4.78, 5) is 0. The third-order valence-electron chi connectivity index (χ3n) is 2.55. The Morgan fingerprint density at radius 2 is 1.62 bits per heavy atom. The summed E-state index contributed by atoms with van der Waals surface area (Å²) < 4.78 is 0. The van der Waals surface area contributed by atoms with Crippen LogP contribution in [0.1, 0.15) is 52.4 Å². The van der Waals surface area contributed by atoms with Gasteiger partial charge in [-0.05, 0) is 38.8 Å². The van der Waals surface area contributed by atoms with Crippen LogP contribution in [-0.2, 0) is 0 Å². The van der Waals surface area contributed by atoms with Crippen LogP contribution in [0.25, 0.3) is 0 Å². The van der Waals surface area contributed by atoms with E-state index in [0.29, 0.717) is 0 Å². The number of nitrogens with two attached hydrogens (primary N) is 1. The van der Waals surface area contributed by atoms with Gasteiger partial charge in [0.1, 0.15) is 0 Å². The average Bonchev–Trinajstić information content (AvgIpc) is 2.17. The molecule has 0 aliphatic heterocycles. The normalized spacial score (nSPS) is 11.1. The molecule has 0 saturated heterocycles. The highest BCUT2D eigenvalue weighted by Crippen LogP contribution is 2.00. The Kier molecular flexibility index (Phi) is 9.94. The van der Waals surface area contributed by atoms with E-state index in [2.05, 4.69) is 19.2 Å². The molecule has 0 heterocycles. The quantitative estimate of drug-likeness (QED) is 0.542. The third kappa shape index (κ3) is 8.26. The van der Waals surface area contributed by atoms with Crippen molar-refractivity contribution in [1.29, 1.82) is 0 Å². The van der Waals surface area contributed by atoms with E-state index in [1.54, 1.807) is 0 Å². The lowest BCUT2D eigenvalue weighted by Gasteiger charge is -2.14. The predicted octanol–water partition coefficient (Wildman–Crippen LogP) is 2.28. The average molecular weight is 186 g/mol. The van der Waals surface area contributed by atoms with Crippen molar-refractivity contribution in [2.45, 2.75) is 58.4 Å². The van der Waals surface area contributed by atoms with Gasteiger partial charge in [0.15, 0.2) is 0 Å². The smallest absolute Gasteiger partial charge is 0.00618 e. The fourth-order valence-electron chi connectivity index (χ4n) is 1.51. The summed E-state index contributed by atoms with van der Waals surface area (Å²) in [5, 5.41) is 3.56. The Morgan fingerprint density at radius 3 is 2.15 bits per heavy atom. The molecule has 0 aromatic rings. The molecule has 2 nitrogen and oxygen atoms in total. The minimum atomic E-state index is 0.731. The summed E-state index contributed by atoms with van der Waals surface area (Å²) in [6, 6.07) is 0.731. The van der Waals surface area contributed by atoms with E-state index < -0.39 is 0 Å². The molecule has 0 radical (unpaired) electrons. The molecule has 3 N–H and O–H groups in total. The van der Waals surface area contributed by atoms with Gasteiger partial charge in [-0.15, -0.1) is 0 Å². The SMILES string of the molecule is CCC(CC)NCCCCCCN. The second-order valence-corrected chi connectivity index (χ2v) is 3.67. The first-order valence-electron chi connectivity index (χ1n) is 5.78. The number of hydrogen-bond donors (Lipinski definition) is 2. The highest BCUT2D eigenvalue weighted by molar-refractivity contribution is 4.61. The molecular formula is C11H26N2. The van der Waals surface area contributed by atoms with Crippen LogP contribution in [0, 0.1) is 0 Å². The summed E-state index contributed by atoms with van der Waals surface area (Å²) in [6.45, 7) is 6.52. The molecule has 0 aromatic heterocycles. The maximum absolute atomic E-state index is 5.42. The van der Waals surface area contributed by atoms with E-state index >= 15 is 0 Å². The first-order chi connectivity index (χ1) is 6.35. The van der Waals surface area contributed by atoms with Gasteiger partial charge in [0, 0.05) is 6.04 Å². The van der Waals surface area contributed by atoms with E-state index in [0.717, 1.165) is 12.6 Å². The van der Waals surface area contributed by atoms with Gasteiger partial charge in [-0.2, -0.15) is 0 Å². The standard InChI is InChI=1S/C11H26N2/c1-3-11(4-2)13-10-8-6-5-7-9-12/h11,13H,3-10,12H2,1-2H3. The lowest BCUT2D eigenvalue weighted by atomic mass is 10.1. The second-order valence-electron chi connectivity index (χ2n) is 3.67. The number of unbranched alkanes of at least 4 members (excludes halogenated alkanes) is 3. The monoisotopic (exact) mass is 186 g/mol. The lowest BCUT2D eigenvalue weighted by molar-refractivity contribution is 0.469. The van der Waals surface area contributed by atoms with Gasteiger partial charge in [-0.1, -0.05) is 26.7 Å². The Hall–Kier alpha value is -0.0800. The number of nitrogens with one attached hydrogen (secondary N) is 1. The molecule has 13 heavy (non-hydrogen) atoms. The molecule has 0 bridgehead atoms. The van der Waals surface area contributed by atoms with Crippen LogP contribution in [0.15, 0.2) is 0 Å². The Balaban J connectivity index is 3.05. The van der Waals surface area contributed by atoms with E-state index in [9.17, 15) is 0 Å². The number of rotatable bonds is 9. The van der Waals surface area contributed by atoms with E-state index in [1.165, 1.54) is 45.1 Å².